The molecule has 158 valence electrons. The number of hydrogen-bond acceptors (Lipinski definition) is 3. The van der Waals surface area contributed by atoms with Gasteiger partial charge in [-0.15, -0.1) is 0 Å². The maximum Gasteiger partial charge on any atom is 0.121 e. The van der Waals surface area contributed by atoms with Gasteiger partial charge in [-0.05, 0) is 86.1 Å². The van der Waals surface area contributed by atoms with E-state index in [1.807, 2.05) is 33.8 Å². The predicted octanol–water partition coefficient (Wildman–Crippen LogP) is 6.58. The van der Waals surface area contributed by atoms with Crippen LogP contribution in [0.5, 0.6) is 17.2 Å². The van der Waals surface area contributed by atoms with Crippen molar-refractivity contribution in [1.29, 1.82) is 0 Å². The lowest BCUT2D eigenvalue weighted by molar-refractivity contribution is 0.462. The molecule has 3 aromatic rings. The van der Waals surface area contributed by atoms with Crippen LogP contribution in [0.2, 0.25) is 0 Å². The molecular weight excluding hydrogens is 372 g/mol. The molecule has 0 bridgehead atoms. The number of phenols is 3. The van der Waals surface area contributed by atoms with E-state index in [1.54, 1.807) is 24.3 Å². The standard InChI is InChI=1S/C21H26O2.C6H6O/c1-13-9-17(10-14(2)19(13)22)21(7-5-6-8-21)18-11-15(3)20(23)16(4)12-18;7-6-4-2-1-3-5-6/h9-12,22-23H,5-8H2,1-4H3;1-5,7H. The monoisotopic (exact) mass is 404 g/mol. The maximum absolute atomic E-state index is 10.1. The summed E-state index contributed by atoms with van der Waals surface area (Å²) in [7, 11) is 0. The molecule has 3 nitrogen and oxygen atoms in total. The van der Waals surface area contributed by atoms with E-state index >= 15 is 0 Å². The van der Waals surface area contributed by atoms with Gasteiger partial charge in [-0.3, -0.25) is 0 Å². The molecule has 0 unspecified atom stereocenters. The van der Waals surface area contributed by atoms with E-state index < -0.39 is 0 Å². The molecule has 1 saturated carbocycles. The van der Waals surface area contributed by atoms with Crippen LogP contribution in [0.15, 0.2) is 54.6 Å². The molecule has 0 radical (unpaired) electrons. The highest BCUT2D eigenvalue weighted by Gasteiger charge is 2.38. The number of rotatable bonds is 2. The Labute approximate surface area is 179 Å². The SMILES string of the molecule is Cc1cc(C2(c3cc(C)c(O)c(C)c3)CCCC2)cc(C)c1O.Oc1ccccc1. The van der Waals surface area contributed by atoms with Crippen molar-refractivity contribution in [2.75, 3.05) is 0 Å². The Morgan fingerprint density at radius 2 is 0.967 bits per heavy atom. The van der Waals surface area contributed by atoms with Crippen LogP contribution in [0.3, 0.4) is 0 Å². The van der Waals surface area contributed by atoms with Gasteiger partial charge in [0.15, 0.2) is 0 Å². The Balaban J connectivity index is 0.000000310. The Kier molecular flexibility index (Phi) is 6.40. The molecule has 0 aromatic heterocycles. The third-order valence-electron chi connectivity index (χ3n) is 6.30. The summed E-state index contributed by atoms with van der Waals surface area (Å²) in [5.74, 6) is 1.13. The molecule has 0 heterocycles. The largest absolute Gasteiger partial charge is 0.508 e. The molecule has 0 spiro atoms. The van der Waals surface area contributed by atoms with E-state index in [0.717, 1.165) is 35.1 Å². The molecule has 3 aromatic carbocycles. The molecule has 0 atom stereocenters. The third-order valence-corrected chi connectivity index (χ3v) is 6.30. The molecule has 0 amide bonds. The summed E-state index contributed by atoms with van der Waals surface area (Å²) < 4.78 is 0. The Bertz CT molecular complexity index is 910. The second-order valence-corrected chi connectivity index (χ2v) is 8.54. The summed E-state index contributed by atoms with van der Waals surface area (Å²) in [6, 6.07) is 17.3. The third kappa shape index (κ3) is 4.30. The lowest BCUT2D eigenvalue weighted by Crippen LogP contribution is -2.24. The number of aryl methyl sites for hydroxylation is 4. The molecule has 30 heavy (non-hydrogen) atoms. The van der Waals surface area contributed by atoms with Gasteiger partial charge in [0.25, 0.3) is 0 Å². The molecule has 1 aliphatic carbocycles. The minimum absolute atomic E-state index is 0.00639. The molecule has 3 N–H and O–H groups in total. The summed E-state index contributed by atoms with van der Waals surface area (Å²) in [5.41, 5.74) is 6.38. The van der Waals surface area contributed by atoms with Crippen molar-refractivity contribution in [3.05, 3.63) is 88.0 Å². The van der Waals surface area contributed by atoms with Crippen LogP contribution in [-0.4, -0.2) is 15.3 Å². The smallest absolute Gasteiger partial charge is 0.121 e. The molecule has 0 saturated heterocycles. The van der Waals surface area contributed by atoms with Crippen molar-refractivity contribution in [2.24, 2.45) is 0 Å². The lowest BCUT2D eigenvalue weighted by atomic mass is 9.71. The first-order valence-corrected chi connectivity index (χ1v) is 10.6. The first kappa shape index (κ1) is 21.8. The number of benzene rings is 3. The van der Waals surface area contributed by atoms with Crippen LogP contribution in [0.25, 0.3) is 0 Å². The Morgan fingerprint density at radius 3 is 1.27 bits per heavy atom. The number of phenolic OH excluding ortho intramolecular Hbond substituents is 3. The van der Waals surface area contributed by atoms with Crippen molar-refractivity contribution in [2.45, 2.75) is 58.8 Å². The predicted molar refractivity (Wildman–Crippen MR) is 123 cm³/mol. The minimum Gasteiger partial charge on any atom is -0.508 e. The zero-order valence-corrected chi connectivity index (χ0v) is 18.4. The average molecular weight is 405 g/mol. The number of hydrogen-bond donors (Lipinski definition) is 3. The van der Waals surface area contributed by atoms with Gasteiger partial charge in [0.05, 0.1) is 0 Å². The summed E-state index contributed by atoms with van der Waals surface area (Å²) in [6.07, 6.45) is 4.69. The lowest BCUT2D eigenvalue weighted by Gasteiger charge is -2.32. The fourth-order valence-electron chi connectivity index (χ4n) is 4.61. The van der Waals surface area contributed by atoms with E-state index in [-0.39, 0.29) is 5.41 Å². The van der Waals surface area contributed by atoms with Gasteiger partial charge in [0.2, 0.25) is 0 Å². The van der Waals surface area contributed by atoms with Crippen LogP contribution in [0, 0.1) is 27.7 Å². The topological polar surface area (TPSA) is 60.7 Å². The van der Waals surface area contributed by atoms with E-state index in [9.17, 15) is 10.2 Å². The van der Waals surface area contributed by atoms with Crippen molar-refractivity contribution < 1.29 is 15.3 Å². The van der Waals surface area contributed by atoms with Crippen molar-refractivity contribution in [3.8, 4) is 17.2 Å². The van der Waals surface area contributed by atoms with Gasteiger partial charge in [-0.25, -0.2) is 0 Å². The molecular formula is C27H32O3. The summed E-state index contributed by atoms with van der Waals surface area (Å²) in [4.78, 5) is 0. The Morgan fingerprint density at radius 1 is 0.600 bits per heavy atom. The maximum atomic E-state index is 10.1. The molecule has 3 heteroatoms. The van der Waals surface area contributed by atoms with Gasteiger partial charge in [-0.1, -0.05) is 55.3 Å². The second kappa shape index (κ2) is 8.83. The van der Waals surface area contributed by atoms with E-state index in [1.165, 1.54) is 24.0 Å². The number of para-hydroxylation sites is 1. The fourth-order valence-corrected chi connectivity index (χ4v) is 4.61. The van der Waals surface area contributed by atoms with E-state index in [2.05, 4.69) is 24.3 Å². The highest BCUT2D eigenvalue weighted by Crippen LogP contribution is 2.48. The van der Waals surface area contributed by atoms with Crippen molar-refractivity contribution >= 4 is 0 Å². The van der Waals surface area contributed by atoms with E-state index in [4.69, 9.17) is 5.11 Å². The van der Waals surface area contributed by atoms with Gasteiger partial charge in [0.1, 0.15) is 17.2 Å². The second-order valence-electron chi connectivity index (χ2n) is 8.54. The summed E-state index contributed by atoms with van der Waals surface area (Å²) in [6.45, 7) is 7.90. The van der Waals surface area contributed by atoms with Crippen molar-refractivity contribution in [1.82, 2.24) is 0 Å². The fraction of sp³-hybridized carbons (Fsp3) is 0.333. The van der Waals surface area contributed by atoms with Crippen LogP contribution in [0.4, 0.5) is 0 Å². The molecule has 0 aliphatic heterocycles. The van der Waals surface area contributed by atoms with Gasteiger partial charge >= 0.3 is 0 Å². The van der Waals surface area contributed by atoms with Crippen molar-refractivity contribution in [3.63, 3.8) is 0 Å². The summed E-state index contributed by atoms with van der Waals surface area (Å²) >= 11 is 0. The molecule has 1 aliphatic rings. The van der Waals surface area contributed by atoms with Crippen LogP contribution < -0.4 is 0 Å². The zero-order chi connectivity index (χ0) is 21.9. The first-order chi connectivity index (χ1) is 14.2. The quantitative estimate of drug-likeness (QED) is 0.452. The van der Waals surface area contributed by atoms with Gasteiger partial charge < -0.3 is 15.3 Å². The van der Waals surface area contributed by atoms with Gasteiger partial charge in [0, 0.05) is 5.41 Å². The van der Waals surface area contributed by atoms with E-state index in [0.29, 0.717) is 17.2 Å². The molecule has 4 rings (SSSR count). The number of aromatic hydroxyl groups is 3. The Hall–Kier alpha value is -2.94. The van der Waals surface area contributed by atoms with Crippen LogP contribution in [-0.2, 0) is 5.41 Å². The highest BCUT2D eigenvalue weighted by molar-refractivity contribution is 5.52. The van der Waals surface area contributed by atoms with Gasteiger partial charge in [-0.2, -0.15) is 0 Å². The highest BCUT2D eigenvalue weighted by atomic mass is 16.3. The van der Waals surface area contributed by atoms with Crippen LogP contribution in [0.1, 0.15) is 59.1 Å². The normalized spacial score (nSPS) is 14.8. The minimum atomic E-state index is 0.00639. The summed E-state index contributed by atoms with van der Waals surface area (Å²) in [5, 5.41) is 28.9. The zero-order valence-electron chi connectivity index (χ0n) is 18.4. The first-order valence-electron chi connectivity index (χ1n) is 10.6. The molecule has 1 fully saturated rings. The average Bonchev–Trinajstić information content (AvgIpc) is 3.22. The van der Waals surface area contributed by atoms with Crippen LogP contribution >= 0.6 is 0 Å².